The highest BCUT2D eigenvalue weighted by molar-refractivity contribution is 5.98. The SMILES string of the molecule is Cc1cc(N)c2cc(NC(=O)CCCCCCCCC(=O)Nc3ccc4nc(C)cc(N)c4c3)ccc2n1. The van der Waals surface area contributed by atoms with Crippen molar-refractivity contribution >= 4 is 56.4 Å². The number of fused-ring (bicyclic) bond motifs is 2. The van der Waals surface area contributed by atoms with Crippen molar-refractivity contribution in [2.75, 3.05) is 22.1 Å². The third-order valence-corrected chi connectivity index (χ3v) is 6.56. The van der Waals surface area contributed by atoms with E-state index in [0.29, 0.717) is 24.2 Å². The van der Waals surface area contributed by atoms with Crippen molar-refractivity contribution in [3.05, 3.63) is 59.9 Å². The minimum atomic E-state index is 0.000950. The molecule has 8 nitrogen and oxygen atoms in total. The number of rotatable bonds is 11. The number of anilines is 4. The van der Waals surface area contributed by atoms with E-state index in [-0.39, 0.29) is 11.8 Å². The molecule has 0 unspecified atom stereocenters. The first-order valence-corrected chi connectivity index (χ1v) is 13.2. The van der Waals surface area contributed by atoms with Gasteiger partial charge in [0, 0.05) is 57.8 Å². The second-order valence-electron chi connectivity index (χ2n) is 9.89. The molecule has 0 aliphatic rings. The Morgan fingerprint density at radius 2 is 1.03 bits per heavy atom. The number of nitrogens with one attached hydrogen (secondary N) is 2. The number of aryl methyl sites for hydroxylation is 2. The van der Waals surface area contributed by atoms with Crippen molar-refractivity contribution in [1.29, 1.82) is 0 Å². The van der Waals surface area contributed by atoms with Crippen LogP contribution in [0.4, 0.5) is 22.7 Å². The minimum absolute atomic E-state index is 0.000950. The van der Waals surface area contributed by atoms with Crippen LogP contribution in [0.5, 0.6) is 0 Å². The number of hydrogen-bond donors (Lipinski definition) is 4. The van der Waals surface area contributed by atoms with Crippen molar-refractivity contribution in [3.8, 4) is 0 Å². The lowest BCUT2D eigenvalue weighted by molar-refractivity contribution is -0.117. The molecule has 0 spiro atoms. The summed E-state index contributed by atoms with van der Waals surface area (Å²) in [5.74, 6) is 0.00190. The smallest absolute Gasteiger partial charge is 0.224 e. The summed E-state index contributed by atoms with van der Waals surface area (Å²) in [6.45, 7) is 3.82. The Morgan fingerprint density at radius 3 is 1.45 bits per heavy atom. The predicted octanol–water partition coefficient (Wildman–Crippen LogP) is 6.26. The van der Waals surface area contributed by atoms with Gasteiger partial charge in [-0.3, -0.25) is 19.6 Å². The van der Waals surface area contributed by atoms with E-state index in [1.807, 2.05) is 62.4 Å². The summed E-state index contributed by atoms with van der Waals surface area (Å²) in [4.78, 5) is 33.6. The maximum Gasteiger partial charge on any atom is 0.224 e. The number of aromatic nitrogens is 2. The highest BCUT2D eigenvalue weighted by Crippen LogP contribution is 2.25. The minimum Gasteiger partial charge on any atom is -0.398 e. The van der Waals surface area contributed by atoms with Crippen molar-refractivity contribution in [2.45, 2.75) is 65.2 Å². The van der Waals surface area contributed by atoms with E-state index in [1.54, 1.807) is 0 Å². The van der Waals surface area contributed by atoms with Crippen LogP contribution >= 0.6 is 0 Å². The molecule has 0 saturated carbocycles. The van der Waals surface area contributed by atoms with Crippen LogP contribution in [0.15, 0.2) is 48.5 Å². The molecule has 4 aromatic rings. The Balaban J connectivity index is 1.09. The second-order valence-corrected chi connectivity index (χ2v) is 9.89. The zero-order valence-corrected chi connectivity index (χ0v) is 22.1. The summed E-state index contributed by atoms with van der Waals surface area (Å²) in [6, 6.07) is 14.9. The molecule has 0 bridgehead atoms. The van der Waals surface area contributed by atoms with Crippen molar-refractivity contribution < 1.29 is 9.59 Å². The lowest BCUT2D eigenvalue weighted by atomic mass is 10.1. The van der Waals surface area contributed by atoms with Gasteiger partial charge in [-0.2, -0.15) is 0 Å². The Hall–Kier alpha value is -4.20. The van der Waals surface area contributed by atoms with Crippen molar-refractivity contribution in [2.24, 2.45) is 0 Å². The molecule has 198 valence electrons. The second kappa shape index (κ2) is 12.4. The molecule has 38 heavy (non-hydrogen) atoms. The summed E-state index contributed by atoms with van der Waals surface area (Å²) in [5, 5.41) is 7.60. The average Bonchev–Trinajstić information content (AvgIpc) is 2.86. The summed E-state index contributed by atoms with van der Waals surface area (Å²) < 4.78 is 0. The van der Waals surface area contributed by atoms with Gasteiger partial charge in [-0.25, -0.2) is 0 Å². The summed E-state index contributed by atoms with van der Waals surface area (Å²) in [6.07, 6.45) is 6.69. The van der Waals surface area contributed by atoms with E-state index in [1.165, 1.54) is 0 Å². The fourth-order valence-corrected chi connectivity index (χ4v) is 4.66. The quantitative estimate of drug-likeness (QED) is 0.175. The third kappa shape index (κ3) is 7.18. The van der Waals surface area contributed by atoms with Crippen molar-refractivity contribution in [3.63, 3.8) is 0 Å². The largest absolute Gasteiger partial charge is 0.398 e. The van der Waals surface area contributed by atoms with E-state index < -0.39 is 0 Å². The van der Waals surface area contributed by atoms with Gasteiger partial charge in [-0.05, 0) is 75.2 Å². The molecule has 0 saturated heterocycles. The summed E-state index contributed by atoms with van der Waals surface area (Å²) >= 11 is 0. The first-order valence-electron chi connectivity index (χ1n) is 13.2. The van der Waals surface area contributed by atoms with E-state index in [4.69, 9.17) is 11.5 Å². The molecular weight excluding hydrogens is 476 g/mol. The molecule has 6 N–H and O–H groups in total. The number of amides is 2. The van der Waals surface area contributed by atoms with Gasteiger partial charge in [0.2, 0.25) is 11.8 Å². The highest BCUT2D eigenvalue weighted by Gasteiger charge is 2.08. The summed E-state index contributed by atoms with van der Waals surface area (Å²) in [7, 11) is 0. The zero-order valence-electron chi connectivity index (χ0n) is 22.1. The van der Waals surface area contributed by atoms with Crippen LogP contribution < -0.4 is 22.1 Å². The molecule has 2 amide bonds. The fraction of sp³-hybridized carbons (Fsp3) is 0.333. The number of hydrogen-bond acceptors (Lipinski definition) is 6. The van der Waals surface area contributed by atoms with E-state index in [9.17, 15) is 9.59 Å². The van der Waals surface area contributed by atoms with Crippen LogP contribution in [0.1, 0.15) is 62.8 Å². The number of nitrogens with two attached hydrogens (primary N) is 2. The number of nitrogens with zero attached hydrogens (tertiary/aromatic N) is 2. The standard InChI is InChI=1S/C30H36N6O2/c1-19-15-25(31)23-17-21(11-13-27(23)33-19)35-29(37)9-7-5-3-4-6-8-10-30(38)36-22-12-14-28-24(18-22)26(32)16-20(2)34-28/h11-18H,3-10H2,1-2H3,(H2,31,33)(H2,32,34)(H,35,37)(H,36,38). The van der Waals surface area contributed by atoms with Gasteiger partial charge in [-0.15, -0.1) is 0 Å². The predicted molar refractivity (Wildman–Crippen MR) is 156 cm³/mol. The van der Waals surface area contributed by atoms with Gasteiger partial charge in [0.15, 0.2) is 0 Å². The van der Waals surface area contributed by atoms with Gasteiger partial charge in [0.1, 0.15) is 0 Å². The highest BCUT2D eigenvalue weighted by atomic mass is 16.2. The fourth-order valence-electron chi connectivity index (χ4n) is 4.66. The molecule has 2 heterocycles. The van der Waals surface area contributed by atoms with Crippen LogP contribution in [0, 0.1) is 13.8 Å². The first-order chi connectivity index (χ1) is 18.3. The molecule has 0 atom stereocenters. The number of benzene rings is 2. The molecule has 2 aromatic heterocycles. The Kier molecular flexibility index (Phi) is 8.73. The number of carbonyl (C=O) groups excluding carboxylic acids is 2. The lowest BCUT2D eigenvalue weighted by Crippen LogP contribution is -2.11. The molecule has 2 aromatic carbocycles. The van der Waals surface area contributed by atoms with Crippen LogP contribution in [0.3, 0.4) is 0 Å². The molecular formula is C30H36N6O2. The van der Waals surface area contributed by atoms with E-state index in [0.717, 1.165) is 83.1 Å². The first kappa shape index (κ1) is 26.9. The van der Waals surface area contributed by atoms with Gasteiger partial charge in [0.05, 0.1) is 11.0 Å². The number of carbonyl (C=O) groups is 2. The Labute approximate surface area is 223 Å². The number of pyridine rings is 2. The van der Waals surface area contributed by atoms with Gasteiger partial charge < -0.3 is 22.1 Å². The maximum atomic E-state index is 12.3. The molecule has 0 radical (unpaired) electrons. The van der Waals surface area contributed by atoms with E-state index in [2.05, 4.69) is 20.6 Å². The van der Waals surface area contributed by atoms with Gasteiger partial charge in [0.25, 0.3) is 0 Å². The van der Waals surface area contributed by atoms with Gasteiger partial charge >= 0.3 is 0 Å². The molecule has 4 rings (SSSR count). The van der Waals surface area contributed by atoms with Crippen LogP contribution in [-0.2, 0) is 9.59 Å². The van der Waals surface area contributed by atoms with Crippen LogP contribution in [0.2, 0.25) is 0 Å². The molecule has 8 heteroatoms. The Bertz CT molecular complexity index is 1360. The molecule has 0 aliphatic carbocycles. The number of unbranched alkanes of at least 4 members (excludes halogenated alkanes) is 5. The van der Waals surface area contributed by atoms with Crippen molar-refractivity contribution in [1.82, 2.24) is 9.97 Å². The van der Waals surface area contributed by atoms with Crippen LogP contribution in [0.25, 0.3) is 21.8 Å². The van der Waals surface area contributed by atoms with E-state index >= 15 is 0 Å². The lowest BCUT2D eigenvalue weighted by Gasteiger charge is -2.09. The normalized spacial score (nSPS) is 11.1. The summed E-state index contributed by atoms with van der Waals surface area (Å²) in [5.41, 5.74) is 18.4. The molecule has 0 fully saturated rings. The topological polar surface area (TPSA) is 136 Å². The zero-order chi connectivity index (χ0) is 27.1. The van der Waals surface area contributed by atoms with Gasteiger partial charge in [-0.1, -0.05) is 25.7 Å². The third-order valence-electron chi connectivity index (χ3n) is 6.56. The molecule has 0 aliphatic heterocycles. The maximum absolute atomic E-state index is 12.3. The number of nitrogen functional groups attached to an aromatic ring is 2. The Morgan fingerprint density at radius 1 is 0.632 bits per heavy atom. The monoisotopic (exact) mass is 512 g/mol. The average molecular weight is 513 g/mol. The van der Waals surface area contributed by atoms with Crippen LogP contribution in [-0.4, -0.2) is 21.8 Å².